The largest absolute Gasteiger partial charge is 0.497 e. The van der Waals surface area contributed by atoms with Gasteiger partial charge in [-0.05, 0) is 53.6 Å². The molecule has 0 aliphatic carbocycles. The molecule has 0 unspecified atom stereocenters. The zero-order valence-corrected chi connectivity index (χ0v) is 19.6. The molecule has 37 heavy (non-hydrogen) atoms. The van der Waals surface area contributed by atoms with Gasteiger partial charge in [-0.25, -0.2) is 14.4 Å². The van der Waals surface area contributed by atoms with Gasteiger partial charge in [0.05, 0.1) is 24.1 Å². The van der Waals surface area contributed by atoms with Crippen LogP contribution in [0.3, 0.4) is 0 Å². The van der Waals surface area contributed by atoms with E-state index < -0.39 is 17.6 Å². The predicted octanol–water partition coefficient (Wildman–Crippen LogP) is 5.45. The summed E-state index contributed by atoms with van der Waals surface area (Å²) >= 11 is 0. The van der Waals surface area contributed by atoms with Crippen molar-refractivity contribution in [1.29, 1.82) is 0 Å². The van der Waals surface area contributed by atoms with Gasteiger partial charge in [0, 0.05) is 42.5 Å². The highest BCUT2D eigenvalue weighted by molar-refractivity contribution is 5.99. The van der Waals surface area contributed by atoms with E-state index in [9.17, 15) is 22.4 Å². The molecule has 0 radical (unpaired) electrons. The van der Waals surface area contributed by atoms with Gasteiger partial charge in [-0.1, -0.05) is 12.1 Å². The van der Waals surface area contributed by atoms with Gasteiger partial charge < -0.3 is 9.64 Å². The Kier molecular flexibility index (Phi) is 6.32. The van der Waals surface area contributed by atoms with Crippen molar-refractivity contribution in [3.63, 3.8) is 0 Å². The monoisotopic (exact) mass is 508 g/mol. The predicted molar refractivity (Wildman–Crippen MR) is 126 cm³/mol. The zero-order valence-electron chi connectivity index (χ0n) is 19.6. The first-order chi connectivity index (χ1) is 17.7. The van der Waals surface area contributed by atoms with E-state index in [1.165, 1.54) is 12.5 Å². The maximum absolute atomic E-state index is 13.8. The minimum Gasteiger partial charge on any atom is -0.497 e. The molecular weight excluding hydrogens is 488 g/mol. The number of pyridine rings is 1. The van der Waals surface area contributed by atoms with Crippen LogP contribution in [0.2, 0.25) is 0 Å². The van der Waals surface area contributed by atoms with E-state index >= 15 is 0 Å². The summed E-state index contributed by atoms with van der Waals surface area (Å²) in [5, 5.41) is 0. The summed E-state index contributed by atoms with van der Waals surface area (Å²) in [4.78, 5) is 27.6. The number of rotatable bonds is 6. The van der Waals surface area contributed by atoms with E-state index in [0.29, 0.717) is 47.4 Å². The Morgan fingerprint density at radius 1 is 0.973 bits per heavy atom. The number of methoxy groups -OCH3 is 1. The van der Waals surface area contributed by atoms with Crippen LogP contribution in [0.15, 0.2) is 67.1 Å². The molecule has 1 aliphatic rings. The minimum absolute atomic E-state index is 0.0338. The van der Waals surface area contributed by atoms with E-state index in [1.54, 1.807) is 24.1 Å². The molecule has 2 aromatic carbocycles. The molecule has 4 aromatic rings. The third kappa shape index (κ3) is 5.13. The topological polar surface area (TPSA) is 68.2 Å². The number of aromatic nitrogens is 3. The van der Waals surface area contributed by atoms with Crippen LogP contribution in [0.5, 0.6) is 5.75 Å². The van der Waals surface area contributed by atoms with Crippen LogP contribution in [0.1, 0.15) is 38.3 Å². The Morgan fingerprint density at radius 3 is 2.49 bits per heavy atom. The number of carbonyl (C=O) groups excluding carboxylic acids is 1. The quantitative estimate of drug-likeness (QED) is 0.324. The highest BCUT2D eigenvalue weighted by Gasteiger charge is 2.32. The second-order valence-electron chi connectivity index (χ2n) is 8.61. The molecule has 0 saturated heterocycles. The van der Waals surface area contributed by atoms with Gasteiger partial charge in [0.25, 0.3) is 5.91 Å². The average molecular weight is 508 g/mol. The molecule has 188 valence electrons. The van der Waals surface area contributed by atoms with E-state index in [-0.39, 0.29) is 17.9 Å². The lowest BCUT2D eigenvalue weighted by Crippen LogP contribution is -2.23. The molecule has 2 aromatic heterocycles. The number of ether oxygens (including phenoxy) is 1. The first-order valence-electron chi connectivity index (χ1n) is 11.3. The highest BCUT2D eigenvalue weighted by Crippen LogP contribution is 2.33. The zero-order chi connectivity index (χ0) is 26.2. The van der Waals surface area contributed by atoms with Crippen molar-refractivity contribution in [3.8, 4) is 17.1 Å². The maximum atomic E-state index is 13.8. The smallest absolute Gasteiger partial charge is 0.416 e. The number of nitrogens with zero attached hydrogens (tertiary/aromatic N) is 4. The fraction of sp³-hybridized carbons (Fsp3) is 0.185. The summed E-state index contributed by atoms with van der Waals surface area (Å²) in [6.45, 7) is 0.717. The first-order valence-corrected chi connectivity index (χ1v) is 11.3. The summed E-state index contributed by atoms with van der Waals surface area (Å²) < 4.78 is 58.3. The number of hydrogen-bond donors (Lipinski definition) is 0. The molecule has 6 nitrogen and oxygen atoms in total. The highest BCUT2D eigenvalue weighted by atomic mass is 19.4. The lowest BCUT2D eigenvalue weighted by molar-refractivity contribution is -0.137. The van der Waals surface area contributed by atoms with Crippen molar-refractivity contribution >= 4 is 5.91 Å². The van der Waals surface area contributed by atoms with E-state index in [4.69, 9.17) is 4.74 Å². The molecule has 3 heterocycles. The summed E-state index contributed by atoms with van der Waals surface area (Å²) in [5.41, 5.74) is 2.53. The van der Waals surface area contributed by atoms with E-state index in [2.05, 4.69) is 15.0 Å². The molecule has 0 bridgehead atoms. The van der Waals surface area contributed by atoms with Crippen molar-refractivity contribution < 1.29 is 27.1 Å². The van der Waals surface area contributed by atoms with Gasteiger partial charge in [0.1, 0.15) is 17.9 Å². The van der Waals surface area contributed by atoms with Gasteiger partial charge in [-0.2, -0.15) is 13.2 Å². The van der Waals surface area contributed by atoms with Crippen LogP contribution in [0.4, 0.5) is 17.6 Å². The lowest BCUT2D eigenvalue weighted by atomic mass is 10.0. The summed E-state index contributed by atoms with van der Waals surface area (Å²) in [6.07, 6.45) is -1.89. The van der Waals surface area contributed by atoms with Crippen LogP contribution >= 0.6 is 0 Å². The maximum Gasteiger partial charge on any atom is 0.416 e. The second-order valence-corrected chi connectivity index (χ2v) is 8.61. The third-order valence-electron chi connectivity index (χ3n) is 6.09. The fourth-order valence-corrected chi connectivity index (χ4v) is 4.33. The molecule has 5 rings (SSSR count). The average Bonchev–Trinajstić information content (AvgIpc) is 3.19. The van der Waals surface area contributed by atoms with Crippen LogP contribution < -0.4 is 4.74 Å². The Bertz CT molecular complexity index is 1470. The van der Waals surface area contributed by atoms with Gasteiger partial charge >= 0.3 is 6.18 Å². The van der Waals surface area contributed by atoms with E-state index in [1.807, 2.05) is 24.3 Å². The molecule has 0 atom stereocenters. The molecule has 0 fully saturated rings. The van der Waals surface area contributed by atoms with Gasteiger partial charge in [-0.3, -0.25) is 9.78 Å². The van der Waals surface area contributed by atoms with Crippen LogP contribution in [0.25, 0.3) is 11.4 Å². The number of fused-ring (bicyclic) bond motifs is 1. The van der Waals surface area contributed by atoms with Crippen molar-refractivity contribution in [3.05, 3.63) is 106 Å². The lowest BCUT2D eigenvalue weighted by Gasteiger charge is -2.16. The van der Waals surface area contributed by atoms with Crippen LogP contribution in [-0.4, -0.2) is 32.9 Å². The minimum atomic E-state index is -4.66. The van der Waals surface area contributed by atoms with Crippen LogP contribution in [0, 0.1) is 5.82 Å². The SMILES string of the molecule is COc1ccc(CN2Cc3c(ccnc3-c3cc(Cc4cc(F)cc(C(F)(F)F)c4)ncn3)C2=O)cc1. The molecular formula is C27H20F4N4O2. The van der Waals surface area contributed by atoms with Crippen molar-refractivity contribution in [1.82, 2.24) is 19.9 Å². The number of halogens is 4. The molecule has 1 aliphatic heterocycles. The van der Waals surface area contributed by atoms with Gasteiger partial charge in [-0.15, -0.1) is 0 Å². The number of carbonyl (C=O) groups is 1. The number of hydrogen-bond acceptors (Lipinski definition) is 5. The van der Waals surface area contributed by atoms with Crippen molar-refractivity contribution in [2.45, 2.75) is 25.7 Å². The Hall–Kier alpha value is -4.34. The second kappa shape index (κ2) is 9.61. The standard InChI is InChI=1S/C27H20F4N4O2/c1-37-21-4-2-16(3-5-21)13-35-14-23-22(26(35)36)6-7-32-25(23)24-12-20(33-15-34-24)10-17-8-18(27(29,30)31)11-19(28)9-17/h2-9,11-12,15H,10,13-14H2,1H3. The van der Waals surface area contributed by atoms with Crippen molar-refractivity contribution in [2.75, 3.05) is 7.11 Å². The van der Waals surface area contributed by atoms with Crippen LogP contribution in [-0.2, 0) is 25.7 Å². The molecule has 1 amide bonds. The van der Waals surface area contributed by atoms with Crippen molar-refractivity contribution in [2.24, 2.45) is 0 Å². The Morgan fingerprint density at radius 2 is 1.76 bits per heavy atom. The van der Waals surface area contributed by atoms with Gasteiger partial charge in [0.15, 0.2) is 0 Å². The molecule has 0 spiro atoms. The summed E-state index contributed by atoms with van der Waals surface area (Å²) in [7, 11) is 1.58. The summed E-state index contributed by atoms with van der Waals surface area (Å²) in [6, 6.07) is 13.1. The first kappa shape index (κ1) is 24.4. The normalized spacial score (nSPS) is 13.1. The van der Waals surface area contributed by atoms with E-state index in [0.717, 1.165) is 23.4 Å². The summed E-state index contributed by atoms with van der Waals surface area (Å²) in [5.74, 6) is -0.390. The molecule has 0 N–H and O–H groups in total. The molecule has 0 saturated carbocycles. The fourth-order valence-electron chi connectivity index (χ4n) is 4.33. The molecule has 10 heteroatoms. The van der Waals surface area contributed by atoms with Gasteiger partial charge in [0.2, 0.25) is 0 Å². The number of amides is 1. The Balaban J connectivity index is 1.40. The Labute approximate surface area is 209 Å². The number of alkyl halides is 3. The third-order valence-corrected chi connectivity index (χ3v) is 6.09. The number of benzene rings is 2.